The second-order valence-corrected chi connectivity index (χ2v) is 4.62. The second kappa shape index (κ2) is 5.47. The first-order chi connectivity index (χ1) is 7.34. The van der Waals surface area contributed by atoms with Gasteiger partial charge in [-0.1, -0.05) is 0 Å². The van der Waals surface area contributed by atoms with E-state index >= 15 is 0 Å². The largest absolute Gasteiger partial charge is 0.381 e. The maximum atomic E-state index is 11.5. The quantitative estimate of drug-likeness (QED) is 0.697. The molecule has 2 N–H and O–H groups in total. The van der Waals surface area contributed by atoms with Crippen LogP contribution in [0.25, 0.3) is 0 Å². The Balaban J connectivity index is 1.57. The zero-order valence-electron chi connectivity index (χ0n) is 9.13. The monoisotopic (exact) mass is 212 g/mol. The van der Waals surface area contributed by atoms with Crippen molar-refractivity contribution < 1.29 is 9.53 Å². The van der Waals surface area contributed by atoms with Crippen LogP contribution in [0.2, 0.25) is 0 Å². The van der Waals surface area contributed by atoms with E-state index in [-0.39, 0.29) is 5.91 Å². The van der Waals surface area contributed by atoms with Crippen molar-refractivity contribution in [3.63, 3.8) is 0 Å². The average Bonchev–Trinajstić information content (AvgIpc) is 2.22. The molecule has 2 saturated heterocycles. The molecule has 1 unspecified atom stereocenters. The van der Waals surface area contributed by atoms with Gasteiger partial charge in [0.2, 0.25) is 5.91 Å². The van der Waals surface area contributed by atoms with Crippen molar-refractivity contribution >= 4 is 5.91 Å². The van der Waals surface area contributed by atoms with Crippen LogP contribution in [0, 0.1) is 11.8 Å². The van der Waals surface area contributed by atoms with Gasteiger partial charge in [0.15, 0.2) is 0 Å². The lowest BCUT2D eigenvalue weighted by molar-refractivity contribution is -0.122. The van der Waals surface area contributed by atoms with Crippen LogP contribution in [0.5, 0.6) is 0 Å². The third-order valence-corrected chi connectivity index (χ3v) is 3.18. The lowest BCUT2D eigenvalue weighted by Gasteiger charge is -2.27. The van der Waals surface area contributed by atoms with Gasteiger partial charge in [0.25, 0.3) is 0 Å². The first kappa shape index (κ1) is 10.9. The molecule has 4 heteroatoms. The number of ether oxygens (including phenoxy) is 1. The van der Waals surface area contributed by atoms with Gasteiger partial charge in [-0.2, -0.15) is 0 Å². The van der Waals surface area contributed by atoms with Crippen molar-refractivity contribution in [3.8, 4) is 0 Å². The highest BCUT2D eigenvalue weighted by Gasteiger charge is 2.21. The van der Waals surface area contributed by atoms with E-state index in [1.54, 1.807) is 0 Å². The molecule has 15 heavy (non-hydrogen) atoms. The minimum absolute atomic E-state index is 0.201. The third kappa shape index (κ3) is 3.47. The Morgan fingerprint density at radius 3 is 2.87 bits per heavy atom. The van der Waals surface area contributed by atoms with Gasteiger partial charge in [-0.15, -0.1) is 0 Å². The molecule has 1 amide bonds. The second-order valence-electron chi connectivity index (χ2n) is 4.62. The molecular formula is C11H20N2O2. The molecule has 0 aromatic rings. The standard InChI is InChI=1S/C11H20N2O2/c14-11(4-10-5-12-6-10)13-7-9-2-1-3-15-8-9/h9-10,12H,1-8H2,(H,13,14). The lowest BCUT2D eigenvalue weighted by Crippen LogP contribution is -2.45. The van der Waals surface area contributed by atoms with Crippen LogP contribution in [0.15, 0.2) is 0 Å². The van der Waals surface area contributed by atoms with Crippen molar-refractivity contribution in [2.75, 3.05) is 32.8 Å². The molecule has 2 aliphatic heterocycles. The van der Waals surface area contributed by atoms with E-state index < -0.39 is 0 Å². The van der Waals surface area contributed by atoms with E-state index in [0.717, 1.165) is 39.3 Å². The van der Waals surface area contributed by atoms with E-state index in [2.05, 4.69) is 10.6 Å². The molecule has 0 aliphatic carbocycles. The van der Waals surface area contributed by atoms with Crippen molar-refractivity contribution in [1.82, 2.24) is 10.6 Å². The van der Waals surface area contributed by atoms with Gasteiger partial charge in [-0.05, 0) is 37.8 Å². The highest BCUT2D eigenvalue weighted by molar-refractivity contribution is 5.76. The maximum Gasteiger partial charge on any atom is 0.220 e. The fourth-order valence-electron chi connectivity index (χ4n) is 2.05. The van der Waals surface area contributed by atoms with Gasteiger partial charge < -0.3 is 15.4 Å². The van der Waals surface area contributed by atoms with Crippen LogP contribution < -0.4 is 10.6 Å². The van der Waals surface area contributed by atoms with Crippen LogP contribution in [-0.4, -0.2) is 38.8 Å². The molecule has 86 valence electrons. The summed E-state index contributed by atoms with van der Waals surface area (Å²) in [5.74, 6) is 1.29. The highest BCUT2D eigenvalue weighted by atomic mass is 16.5. The molecule has 2 rings (SSSR count). The van der Waals surface area contributed by atoms with Crippen molar-refractivity contribution in [2.24, 2.45) is 11.8 Å². The molecule has 0 radical (unpaired) electrons. The average molecular weight is 212 g/mol. The molecule has 2 fully saturated rings. The van der Waals surface area contributed by atoms with Crippen LogP contribution in [-0.2, 0) is 9.53 Å². The molecule has 0 aromatic heterocycles. The van der Waals surface area contributed by atoms with Gasteiger partial charge >= 0.3 is 0 Å². The third-order valence-electron chi connectivity index (χ3n) is 3.18. The molecule has 1 atom stereocenters. The minimum atomic E-state index is 0.201. The fourth-order valence-corrected chi connectivity index (χ4v) is 2.05. The number of nitrogens with one attached hydrogen (secondary N) is 2. The normalized spacial score (nSPS) is 27.1. The number of rotatable bonds is 4. The summed E-state index contributed by atoms with van der Waals surface area (Å²) >= 11 is 0. The Kier molecular flexibility index (Phi) is 3.97. The summed E-state index contributed by atoms with van der Waals surface area (Å²) in [6, 6.07) is 0. The Hall–Kier alpha value is -0.610. The topological polar surface area (TPSA) is 50.4 Å². The highest BCUT2D eigenvalue weighted by Crippen LogP contribution is 2.13. The molecule has 0 aromatic carbocycles. The smallest absolute Gasteiger partial charge is 0.220 e. The summed E-state index contributed by atoms with van der Waals surface area (Å²) in [7, 11) is 0. The number of carbonyl (C=O) groups excluding carboxylic acids is 1. The van der Waals surface area contributed by atoms with Crippen LogP contribution in [0.1, 0.15) is 19.3 Å². The fraction of sp³-hybridized carbons (Fsp3) is 0.909. The number of hydrogen-bond acceptors (Lipinski definition) is 3. The summed E-state index contributed by atoms with van der Waals surface area (Å²) in [5, 5.41) is 6.18. The van der Waals surface area contributed by atoms with Crippen LogP contribution in [0.4, 0.5) is 0 Å². The summed E-state index contributed by atoms with van der Waals surface area (Å²) in [4.78, 5) is 11.5. The Bertz CT molecular complexity index is 211. The Morgan fingerprint density at radius 1 is 1.40 bits per heavy atom. The number of carbonyl (C=O) groups is 1. The van der Waals surface area contributed by atoms with E-state index in [1.165, 1.54) is 6.42 Å². The molecule has 0 bridgehead atoms. The summed E-state index contributed by atoms with van der Waals surface area (Å²) < 4.78 is 5.37. The predicted octanol–water partition coefficient (Wildman–Crippen LogP) is 0.139. The molecular weight excluding hydrogens is 192 g/mol. The first-order valence-corrected chi connectivity index (χ1v) is 5.90. The summed E-state index contributed by atoms with van der Waals surface area (Å²) in [5.41, 5.74) is 0. The van der Waals surface area contributed by atoms with Crippen LogP contribution >= 0.6 is 0 Å². The van der Waals surface area contributed by atoms with Gasteiger partial charge in [0.1, 0.15) is 0 Å². The molecule has 0 spiro atoms. The van der Waals surface area contributed by atoms with E-state index in [4.69, 9.17) is 4.74 Å². The molecule has 2 heterocycles. The lowest BCUT2D eigenvalue weighted by atomic mass is 9.98. The summed E-state index contributed by atoms with van der Waals surface area (Å²) in [6.07, 6.45) is 3.00. The molecule has 0 saturated carbocycles. The van der Waals surface area contributed by atoms with Crippen LogP contribution in [0.3, 0.4) is 0 Å². The minimum Gasteiger partial charge on any atom is -0.381 e. The molecule has 4 nitrogen and oxygen atoms in total. The zero-order chi connectivity index (χ0) is 10.5. The van der Waals surface area contributed by atoms with Crippen molar-refractivity contribution in [2.45, 2.75) is 19.3 Å². The van der Waals surface area contributed by atoms with Gasteiger partial charge in [-0.25, -0.2) is 0 Å². The van der Waals surface area contributed by atoms with Gasteiger partial charge in [-0.3, -0.25) is 4.79 Å². The first-order valence-electron chi connectivity index (χ1n) is 5.90. The number of hydrogen-bond donors (Lipinski definition) is 2. The van der Waals surface area contributed by atoms with Gasteiger partial charge in [0.05, 0.1) is 6.61 Å². The number of amides is 1. The maximum absolute atomic E-state index is 11.5. The molecule has 2 aliphatic rings. The van der Waals surface area contributed by atoms with E-state index in [9.17, 15) is 4.79 Å². The van der Waals surface area contributed by atoms with Gasteiger partial charge in [0, 0.05) is 19.6 Å². The summed E-state index contributed by atoms with van der Waals surface area (Å²) in [6.45, 7) is 4.49. The zero-order valence-corrected chi connectivity index (χ0v) is 9.13. The Morgan fingerprint density at radius 2 is 2.27 bits per heavy atom. The van der Waals surface area contributed by atoms with E-state index in [0.29, 0.717) is 18.3 Å². The van der Waals surface area contributed by atoms with E-state index in [1.807, 2.05) is 0 Å². The SMILES string of the molecule is O=C(CC1CNC1)NCC1CCCOC1. The van der Waals surface area contributed by atoms with Crippen molar-refractivity contribution in [1.29, 1.82) is 0 Å². The Labute approximate surface area is 90.8 Å². The predicted molar refractivity (Wildman–Crippen MR) is 57.5 cm³/mol. The van der Waals surface area contributed by atoms with Crippen molar-refractivity contribution in [3.05, 3.63) is 0 Å².